The van der Waals surface area contributed by atoms with Crippen molar-refractivity contribution in [3.05, 3.63) is 93.9 Å². The molecule has 0 amide bonds. The molecule has 2 N–H and O–H groups in total. The van der Waals surface area contributed by atoms with Gasteiger partial charge in [-0.1, -0.05) is 35.3 Å². The van der Waals surface area contributed by atoms with E-state index in [1.54, 1.807) is 24.3 Å². The predicted octanol–water partition coefficient (Wildman–Crippen LogP) is 7.80. The van der Waals surface area contributed by atoms with Crippen LogP contribution in [0.15, 0.2) is 66.9 Å². The van der Waals surface area contributed by atoms with Crippen LogP contribution < -0.4 is 9.46 Å². The number of carboxylic acid groups (broad SMARTS) is 1. The van der Waals surface area contributed by atoms with E-state index in [2.05, 4.69) is 4.57 Å². The summed E-state index contributed by atoms with van der Waals surface area (Å²) < 4.78 is 69.9. The number of nitrogens with zero attached hydrogens (tertiary/aromatic N) is 2. The molecule has 0 fully saturated rings. The molecule has 0 saturated heterocycles. The van der Waals surface area contributed by atoms with Gasteiger partial charge in [-0.25, -0.2) is 9.78 Å². The summed E-state index contributed by atoms with van der Waals surface area (Å²) in [6.07, 6.45) is 4.23. The quantitative estimate of drug-likeness (QED) is 0.173. The molecule has 222 valence electrons. The highest BCUT2D eigenvalue weighted by molar-refractivity contribution is 7.93. The van der Waals surface area contributed by atoms with E-state index in [4.69, 9.17) is 32.9 Å². The molecule has 4 aromatic rings. The fraction of sp³-hybridized carbons (Fsp3) is 0.214. The summed E-state index contributed by atoms with van der Waals surface area (Å²) in [7, 11) is -5.80. The second-order valence-electron chi connectivity index (χ2n) is 9.12. The Hall–Kier alpha value is -3.74. The molecule has 1 aromatic heterocycles. The van der Waals surface area contributed by atoms with Gasteiger partial charge in [-0.2, -0.15) is 21.6 Å². The number of carbonyl (C=O) groups is 1. The number of benzene rings is 3. The average molecular weight is 642 g/mol. The second-order valence-corrected chi connectivity index (χ2v) is 11.6. The van der Waals surface area contributed by atoms with Gasteiger partial charge in [0.25, 0.3) is 0 Å². The van der Waals surface area contributed by atoms with Crippen molar-refractivity contribution in [2.45, 2.75) is 38.2 Å². The number of carboxylic acids is 1. The molecule has 3 aromatic carbocycles. The normalized spacial score (nSPS) is 11.9. The third kappa shape index (κ3) is 7.36. The van der Waals surface area contributed by atoms with Crippen molar-refractivity contribution >= 4 is 44.9 Å². The monoisotopic (exact) mass is 641 g/mol. The zero-order chi connectivity index (χ0) is 30.7. The third-order valence-corrected chi connectivity index (χ3v) is 7.85. The average Bonchev–Trinajstić information content (AvgIpc) is 3.32. The molecule has 0 aliphatic carbocycles. The van der Waals surface area contributed by atoms with Crippen molar-refractivity contribution in [1.82, 2.24) is 9.55 Å². The number of aromatic carboxylic acids is 1. The van der Waals surface area contributed by atoms with Gasteiger partial charge in [0, 0.05) is 29.7 Å². The van der Waals surface area contributed by atoms with Crippen LogP contribution in [-0.4, -0.2) is 34.6 Å². The van der Waals surface area contributed by atoms with Gasteiger partial charge in [0.2, 0.25) is 0 Å². The van der Waals surface area contributed by atoms with Crippen LogP contribution in [0.4, 0.5) is 18.9 Å². The highest BCUT2D eigenvalue weighted by Crippen LogP contribution is 2.32. The number of ether oxygens (including phenoxy) is 1. The number of hydrogen-bond acceptors (Lipinski definition) is 5. The van der Waals surface area contributed by atoms with Crippen molar-refractivity contribution in [2.24, 2.45) is 0 Å². The first-order valence-corrected chi connectivity index (χ1v) is 14.8. The van der Waals surface area contributed by atoms with Crippen molar-refractivity contribution in [3.63, 3.8) is 0 Å². The Morgan fingerprint density at radius 3 is 2.33 bits per heavy atom. The fourth-order valence-corrected chi connectivity index (χ4v) is 5.21. The van der Waals surface area contributed by atoms with Crippen LogP contribution in [-0.2, 0) is 29.4 Å². The zero-order valence-corrected chi connectivity index (χ0v) is 24.3. The summed E-state index contributed by atoms with van der Waals surface area (Å²) >= 11 is 12.4. The Bertz CT molecular complexity index is 1710. The molecule has 14 heteroatoms. The van der Waals surface area contributed by atoms with Gasteiger partial charge in [-0.3, -0.25) is 4.72 Å². The first-order chi connectivity index (χ1) is 19.8. The molecule has 0 saturated carbocycles. The number of aromatic nitrogens is 2. The number of halogens is 5. The molecule has 0 radical (unpaired) electrons. The van der Waals surface area contributed by atoms with E-state index in [1.807, 2.05) is 31.3 Å². The van der Waals surface area contributed by atoms with Crippen molar-refractivity contribution in [2.75, 3.05) is 4.72 Å². The van der Waals surface area contributed by atoms with Crippen LogP contribution in [0.25, 0.3) is 11.3 Å². The third-order valence-electron chi connectivity index (χ3n) is 6.20. The molecule has 42 heavy (non-hydrogen) atoms. The lowest BCUT2D eigenvalue weighted by atomic mass is 10.1. The number of imidazole rings is 1. The number of nitrogens with one attached hydrogen (secondary N) is 1. The van der Waals surface area contributed by atoms with Gasteiger partial charge < -0.3 is 14.4 Å². The van der Waals surface area contributed by atoms with E-state index >= 15 is 0 Å². The van der Waals surface area contributed by atoms with Crippen LogP contribution in [0, 0.1) is 0 Å². The number of alkyl halides is 3. The number of rotatable bonds is 11. The lowest BCUT2D eigenvalue weighted by molar-refractivity contribution is -0.0429. The maximum Gasteiger partial charge on any atom is 0.516 e. The van der Waals surface area contributed by atoms with Crippen molar-refractivity contribution < 1.29 is 36.2 Å². The summed E-state index contributed by atoms with van der Waals surface area (Å²) in [6, 6.07) is 15.3. The largest absolute Gasteiger partial charge is 0.516 e. The maximum atomic E-state index is 12.7. The Morgan fingerprint density at radius 2 is 1.71 bits per heavy atom. The summed E-state index contributed by atoms with van der Waals surface area (Å²) in [5.74, 6) is -0.362. The van der Waals surface area contributed by atoms with Crippen molar-refractivity contribution in [3.8, 4) is 22.8 Å². The van der Waals surface area contributed by atoms with Gasteiger partial charge in [-0.05, 0) is 73.9 Å². The number of anilines is 1. The lowest BCUT2D eigenvalue weighted by Gasteiger charge is -2.14. The molecule has 0 atom stereocenters. The van der Waals surface area contributed by atoms with Crippen molar-refractivity contribution in [1.29, 1.82) is 0 Å². The number of sulfonamides is 1. The SMILES string of the molecule is CCn1cc(-c2ccc(Cl)cc2Cl)nc1CCCc1ccc(Oc2ccc(NS(=O)(=O)C(F)(F)F)c(C(=O)O)c2)cc1. The zero-order valence-electron chi connectivity index (χ0n) is 22.0. The minimum atomic E-state index is -5.80. The molecule has 1 heterocycles. The van der Waals surface area contributed by atoms with Crippen LogP contribution in [0.3, 0.4) is 0 Å². The van der Waals surface area contributed by atoms with E-state index in [1.165, 1.54) is 4.72 Å². The van der Waals surface area contributed by atoms with Crippen LogP contribution >= 0.6 is 23.2 Å². The minimum absolute atomic E-state index is 0.00176. The Labute approximate surface area is 249 Å². The molecule has 0 aliphatic heterocycles. The van der Waals surface area contributed by atoms with Gasteiger partial charge in [0.15, 0.2) is 0 Å². The summed E-state index contributed by atoms with van der Waals surface area (Å²) in [5.41, 5.74) is -4.46. The standard InChI is InChI=1S/C28H24Cl2F3N3O5S/c1-2-36-16-25(21-12-8-18(29)14-23(21)30)34-26(36)5-3-4-17-6-9-19(10-7-17)41-20-11-13-24(22(15-20)27(37)38)35-42(39,40)28(31,32)33/h6-16,35H,2-5H2,1H3,(H,37,38). The van der Waals surface area contributed by atoms with E-state index in [-0.39, 0.29) is 5.75 Å². The minimum Gasteiger partial charge on any atom is -0.478 e. The highest BCUT2D eigenvalue weighted by atomic mass is 35.5. The lowest BCUT2D eigenvalue weighted by Crippen LogP contribution is -2.30. The van der Waals surface area contributed by atoms with E-state index in [0.717, 1.165) is 66.7 Å². The number of aryl methyl sites for hydroxylation is 3. The smallest absolute Gasteiger partial charge is 0.478 e. The molecule has 8 nitrogen and oxygen atoms in total. The highest BCUT2D eigenvalue weighted by Gasteiger charge is 2.46. The Kier molecular flexibility index (Phi) is 9.39. The molecule has 0 aliphatic rings. The maximum absolute atomic E-state index is 12.7. The topological polar surface area (TPSA) is 111 Å². The van der Waals surface area contributed by atoms with Gasteiger partial charge in [-0.15, -0.1) is 0 Å². The van der Waals surface area contributed by atoms with Crippen LogP contribution in [0.5, 0.6) is 11.5 Å². The number of hydrogen-bond donors (Lipinski definition) is 2. The van der Waals surface area contributed by atoms with E-state index < -0.39 is 32.8 Å². The van der Waals surface area contributed by atoms with Gasteiger partial charge in [0.1, 0.15) is 17.3 Å². The first kappa shape index (κ1) is 31.2. The Balaban J connectivity index is 1.39. The molecule has 0 spiro atoms. The second kappa shape index (κ2) is 12.6. The van der Waals surface area contributed by atoms with Gasteiger partial charge >= 0.3 is 21.5 Å². The molecular formula is C28H24Cl2F3N3O5S. The van der Waals surface area contributed by atoms with E-state index in [9.17, 15) is 31.5 Å². The van der Waals surface area contributed by atoms with Crippen LogP contribution in [0.2, 0.25) is 10.0 Å². The molecular weight excluding hydrogens is 618 g/mol. The first-order valence-electron chi connectivity index (χ1n) is 12.5. The molecule has 4 rings (SSSR count). The molecule has 0 bridgehead atoms. The Morgan fingerprint density at radius 1 is 1.02 bits per heavy atom. The van der Waals surface area contributed by atoms with Gasteiger partial charge in [0.05, 0.1) is 22.0 Å². The summed E-state index contributed by atoms with van der Waals surface area (Å²) in [6.45, 7) is 2.78. The van der Waals surface area contributed by atoms with Crippen LogP contribution in [0.1, 0.15) is 35.1 Å². The summed E-state index contributed by atoms with van der Waals surface area (Å²) in [5, 5.41) is 10.5. The predicted molar refractivity (Wildman–Crippen MR) is 154 cm³/mol. The molecule has 0 unspecified atom stereocenters. The fourth-order valence-electron chi connectivity index (χ4n) is 4.12. The summed E-state index contributed by atoms with van der Waals surface area (Å²) in [4.78, 5) is 16.3. The van der Waals surface area contributed by atoms with E-state index in [0.29, 0.717) is 15.8 Å².